The molecule has 26 heavy (non-hydrogen) atoms. The standard InChI is InChI=1S/C20H20FN3O2/c1-5-24-17-10-12(3)11(2)9-16(17)22-18(20(24)26)19(25)23-15-7-6-14(21)8-13(15)4/h6-10H,5H2,1-4H3,(H,23,25). The molecule has 0 spiro atoms. The Bertz CT molecular complexity index is 1090. The maximum Gasteiger partial charge on any atom is 0.282 e. The van der Waals surface area contributed by atoms with Gasteiger partial charge in [-0.2, -0.15) is 0 Å². The number of carbonyl (C=O) groups is 1. The number of carbonyl (C=O) groups excluding carboxylic acids is 1. The minimum absolute atomic E-state index is 0.175. The van der Waals surface area contributed by atoms with E-state index in [-0.39, 0.29) is 11.5 Å². The first-order chi connectivity index (χ1) is 12.3. The van der Waals surface area contributed by atoms with Gasteiger partial charge >= 0.3 is 0 Å². The topological polar surface area (TPSA) is 64.0 Å². The Balaban J connectivity index is 2.12. The quantitative estimate of drug-likeness (QED) is 0.780. The second-order valence-corrected chi connectivity index (χ2v) is 6.35. The van der Waals surface area contributed by atoms with E-state index in [0.717, 1.165) is 11.1 Å². The monoisotopic (exact) mass is 353 g/mol. The first kappa shape index (κ1) is 17.8. The van der Waals surface area contributed by atoms with Crippen LogP contribution in [0.25, 0.3) is 11.0 Å². The Morgan fingerprint density at radius 3 is 2.46 bits per heavy atom. The second-order valence-electron chi connectivity index (χ2n) is 6.35. The van der Waals surface area contributed by atoms with E-state index in [9.17, 15) is 14.0 Å². The first-order valence-electron chi connectivity index (χ1n) is 8.41. The second kappa shape index (κ2) is 6.71. The molecule has 3 rings (SSSR count). The van der Waals surface area contributed by atoms with Crippen molar-refractivity contribution in [2.24, 2.45) is 0 Å². The number of aryl methyl sites for hydroxylation is 4. The molecule has 3 aromatic rings. The summed E-state index contributed by atoms with van der Waals surface area (Å²) in [6, 6.07) is 7.83. The maximum atomic E-state index is 13.2. The lowest BCUT2D eigenvalue weighted by Gasteiger charge is -2.13. The molecular formula is C20H20FN3O2. The van der Waals surface area contributed by atoms with E-state index in [1.165, 1.54) is 18.2 Å². The highest BCUT2D eigenvalue weighted by atomic mass is 19.1. The van der Waals surface area contributed by atoms with Crippen LogP contribution in [-0.4, -0.2) is 15.5 Å². The molecule has 0 aliphatic rings. The van der Waals surface area contributed by atoms with Gasteiger partial charge in [0.1, 0.15) is 5.82 Å². The molecule has 0 fully saturated rings. The highest BCUT2D eigenvalue weighted by Gasteiger charge is 2.18. The molecule has 0 radical (unpaired) electrons. The van der Waals surface area contributed by atoms with Crippen molar-refractivity contribution in [2.45, 2.75) is 34.2 Å². The third-order valence-electron chi connectivity index (χ3n) is 4.53. The summed E-state index contributed by atoms with van der Waals surface area (Å²) in [6.07, 6.45) is 0. The summed E-state index contributed by atoms with van der Waals surface area (Å²) in [6.45, 7) is 7.89. The van der Waals surface area contributed by atoms with Gasteiger partial charge in [-0.1, -0.05) is 0 Å². The Kier molecular flexibility index (Phi) is 4.59. The number of nitrogens with zero attached hydrogens (tertiary/aromatic N) is 2. The van der Waals surface area contributed by atoms with E-state index in [1.807, 2.05) is 32.9 Å². The summed E-state index contributed by atoms with van der Waals surface area (Å²) in [5, 5.41) is 2.66. The van der Waals surface area contributed by atoms with Gasteiger partial charge in [0.15, 0.2) is 5.69 Å². The lowest BCUT2D eigenvalue weighted by molar-refractivity contribution is 0.102. The molecule has 0 aliphatic carbocycles. The fourth-order valence-electron chi connectivity index (χ4n) is 2.91. The largest absolute Gasteiger partial charge is 0.320 e. The summed E-state index contributed by atoms with van der Waals surface area (Å²) in [7, 11) is 0. The van der Waals surface area contributed by atoms with Gasteiger partial charge in [-0.25, -0.2) is 9.37 Å². The van der Waals surface area contributed by atoms with Crippen LogP contribution in [0.2, 0.25) is 0 Å². The van der Waals surface area contributed by atoms with Crippen LogP contribution in [0.4, 0.5) is 10.1 Å². The molecule has 2 aromatic carbocycles. The maximum absolute atomic E-state index is 13.2. The van der Waals surface area contributed by atoms with Crippen LogP contribution in [0.15, 0.2) is 35.1 Å². The third kappa shape index (κ3) is 3.10. The number of halogens is 1. The van der Waals surface area contributed by atoms with Crippen LogP contribution in [0.3, 0.4) is 0 Å². The highest BCUT2D eigenvalue weighted by molar-refractivity contribution is 6.04. The summed E-state index contributed by atoms with van der Waals surface area (Å²) >= 11 is 0. The van der Waals surface area contributed by atoms with Crippen molar-refractivity contribution in [3.8, 4) is 0 Å². The van der Waals surface area contributed by atoms with Gasteiger partial charge in [-0.3, -0.25) is 9.59 Å². The van der Waals surface area contributed by atoms with Gasteiger partial charge in [0.05, 0.1) is 11.0 Å². The van der Waals surface area contributed by atoms with E-state index in [1.54, 1.807) is 11.5 Å². The lowest BCUT2D eigenvalue weighted by Crippen LogP contribution is -2.31. The Hall–Kier alpha value is -3.02. The predicted octanol–water partition coefficient (Wildman–Crippen LogP) is 3.73. The summed E-state index contributed by atoms with van der Waals surface area (Å²) < 4.78 is 14.8. The number of amides is 1. The lowest BCUT2D eigenvalue weighted by atomic mass is 10.1. The van der Waals surface area contributed by atoms with Crippen molar-refractivity contribution in [3.05, 3.63) is 68.9 Å². The molecule has 1 N–H and O–H groups in total. The number of rotatable bonds is 3. The fourth-order valence-corrected chi connectivity index (χ4v) is 2.91. The van der Waals surface area contributed by atoms with Crippen LogP contribution in [0.1, 0.15) is 34.1 Å². The van der Waals surface area contributed by atoms with Crippen molar-refractivity contribution in [1.82, 2.24) is 9.55 Å². The molecule has 5 nitrogen and oxygen atoms in total. The average molecular weight is 353 g/mol. The van der Waals surface area contributed by atoms with Gasteiger partial charge in [0.25, 0.3) is 11.5 Å². The van der Waals surface area contributed by atoms with Crippen LogP contribution >= 0.6 is 0 Å². The molecule has 6 heteroatoms. The third-order valence-corrected chi connectivity index (χ3v) is 4.53. The Morgan fingerprint density at radius 1 is 1.12 bits per heavy atom. The molecule has 0 saturated carbocycles. The summed E-state index contributed by atoms with van der Waals surface area (Å²) in [5.41, 5.74) is 3.78. The van der Waals surface area contributed by atoms with E-state index in [2.05, 4.69) is 10.3 Å². The van der Waals surface area contributed by atoms with E-state index in [0.29, 0.717) is 28.8 Å². The number of hydrogen-bond donors (Lipinski definition) is 1. The average Bonchev–Trinajstić information content (AvgIpc) is 2.58. The normalized spacial score (nSPS) is 11.0. The van der Waals surface area contributed by atoms with Gasteiger partial charge in [0, 0.05) is 12.2 Å². The van der Waals surface area contributed by atoms with Gasteiger partial charge in [0.2, 0.25) is 0 Å². The van der Waals surface area contributed by atoms with Gasteiger partial charge in [-0.05, 0) is 74.7 Å². The summed E-state index contributed by atoms with van der Waals surface area (Å²) in [5.74, 6) is -0.990. The number of fused-ring (bicyclic) bond motifs is 1. The SMILES string of the molecule is CCn1c(=O)c(C(=O)Nc2ccc(F)cc2C)nc2cc(C)c(C)cc21. The predicted molar refractivity (Wildman–Crippen MR) is 100 cm³/mol. The van der Waals surface area contributed by atoms with E-state index < -0.39 is 11.5 Å². The van der Waals surface area contributed by atoms with Crippen LogP contribution in [0, 0.1) is 26.6 Å². The molecule has 0 unspecified atom stereocenters. The first-order valence-corrected chi connectivity index (χ1v) is 8.41. The Morgan fingerprint density at radius 2 is 1.81 bits per heavy atom. The molecule has 0 aliphatic heterocycles. The minimum Gasteiger partial charge on any atom is -0.320 e. The van der Waals surface area contributed by atoms with E-state index >= 15 is 0 Å². The van der Waals surface area contributed by atoms with Gasteiger partial charge < -0.3 is 9.88 Å². The number of hydrogen-bond acceptors (Lipinski definition) is 3. The fraction of sp³-hybridized carbons (Fsp3) is 0.250. The zero-order valence-electron chi connectivity index (χ0n) is 15.2. The number of nitrogens with one attached hydrogen (secondary N) is 1. The minimum atomic E-state index is -0.605. The number of benzene rings is 2. The smallest absolute Gasteiger partial charge is 0.282 e. The van der Waals surface area contributed by atoms with Crippen molar-refractivity contribution >= 4 is 22.6 Å². The Labute approximate surface area is 150 Å². The number of anilines is 1. The molecule has 1 amide bonds. The molecule has 1 aromatic heterocycles. The molecular weight excluding hydrogens is 333 g/mol. The zero-order valence-corrected chi connectivity index (χ0v) is 15.2. The molecule has 0 saturated heterocycles. The zero-order chi connectivity index (χ0) is 19.0. The summed E-state index contributed by atoms with van der Waals surface area (Å²) in [4.78, 5) is 29.7. The van der Waals surface area contributed by atoms with Crippen molar-refractivity contribution in [3.63, 3.8) is 0 Å². The molecule has 1 heterocycles. The van der Waals surface area contributed by atoms with E-state index in [4.69, 9.17) is 0 Å². The number of aromatic nitrogens is 2. The van der Waals surface area contributed by atoms with Crippen molar-refractivity contribution < 1.29 is 9.18 Å². The van der Waals surface area contributed by atoms with Gasteiger partial charge in [-0.15, -0.1) is 0 Å². The molecule has 134 valence electrons. The van der Waals surface area contributed by atoms with Crippen LogP contribution in [0.5, 0.6) is 0 Å². The van der Waals surface area contributed by atoms with Crippen molar-refractivity contribution in [1.29, 1.82) is 0 Å². The van der Waals surface area contributed by atoms with Crippen molar-refractivity contribution in [2.75, 3.05) is 5.32 Å². The highest BCUT2D eigenvalue weighted by Crippen LogP contribution is 2.19. The molecule has 0 atom stereocenters. The van der Waals surface area contributed by atoms with Crippen LogP contribution in [-0.2, 0) is 6.54 Å². The molecule has 0 bridgehead atoms. The van der Waals surface area contributed by atoms with Crippen LogP contribution < -0.4 is 10.9 Å².